The van der Waals surface area contributed by atoms with Crippen LogP contribution in [0.25, 0.3) is 0 Å². The van der Waals surface area contributed by atoms with Crippen LogP contribution in [-0.2, 0) is 38.4 Å². The standard InChI is InChI=1S/C15H20N2O8/c1-16(11(19)5-4-10-18)24-14(22)6-2-3-7-15(23)25-17-12(20)8-9-13(17)21/h10H,2-9H2,1H3. The molecule has 25 heavy (non-hydrogen) atoms. The Hall–Kier alpha value is -2.78. The van der Waals surface area contributed by atoms with Crippen LogP contribution in [0.3, 0.4) is 0 Å². The minimum absolute atomic E-state index is 0.0248. The van der Waals surface area contributed by atoms with E-state index in [4.69, 9.17) is 4.84 Å². The van der Waals surface area contributed by atoms with E-state index in [9.17, 15) is 28.8 Å². The average Bonchev–Trinajstić information content (AvgIpc) is 2.88. The van der Waals surface area contributed by atoms with E-state index in [0.717, 1.165) is 5.06 Å². The molecule has 1 heterocycles. The summed E-state index contributed by atoms with van der Waals surface area (Å²) in [5.41, 5.74) is 0. The maximum atomic E-state index is 11.5. The van der Waals surface area contributed by atoms with Gasteiger partial charge < -0.3 is 14.5 Å². The molecule has 0 aromatic carbocycles. The molecule has 0 spiro atoms. The number of carbonyl (C=O) groups excluding carboxylic acids is 6. The van der Waals surface area contributed by atoms with Gasteiger partial charge in [0.1, 0.15) is 6.29 Å². The summed E-state index contributed by atoms with van der Waals surface area (Å²) in [5.74, 6) is -2.99. The van der Waals surface area contributed by atoms with Crippen LogP contribution in [0.1, 0.15) is 51.4 Å². The molecule has 0 aliphatic carbocycles. The molecule has 0 aromatic rings. The quantitative estimate of drug-likeness (QED) is 0.245. The fourth-order valence-corrected chi connectivity index (χ4v) is 1.93. The van der Waals surface area contributed by atoms with E-state index in [1.165, 1.54) is 7.05 Å². The van der Waals surface area contributed by atoms with E-state index in [1.807, 2.05) is 0 Å². The first-order valence-corrected chi connectivity index (χ1v) is 7.82. The van der Waals surface area contributed by atoms with Crippen molar-refractivity contribution in [2.75, 3.05) is 7.05 Å². The molecule has 1 aliphatic rings. The van der Waals surface area contributed by atoms with Crippen LogP contribution in [0.2, 0.25) is 0 Å². The van der Waals surface area contributed by atoms with Gasteiger partial charge in [-0.3, -0.25) is 14.4 Å². The topological polar surface area (TPSA) is 127 Å². The first-order valence-electron chi connectivity index (χ1n) is 7.82. The van der Waals surface area contributed by atoms with Gasteiger partial charge in [-0.2, -0.15) is 5.06 Å². The molecular weight excluding hydrogens is 336 g/mol. The van der Waals surface area contributed by atoms with Gasteiger partial charge in [-0.25, -0.2) is 9.59 Å². The first kappa shape index (κ1) is 20.3. The summed E-state index contributed by atoms with van der Waals surface area (Å²) in [7, 11) is 1.27. The normalized spacial score (nSPS) is 13.6. The fourth-order valence-electron chi connectivity index (χ4n) is 1.93. The minimum Gasteiger partial charge on any atom is -0.338 e. The Morgan fingerprint density at radius 2 is 1.60 bits per heavy atom. The molecule has 0 N–H and O–H groups in total. The van der Waals surface area contributed by atoms with Crippen LogP contribution >= 0.6 is 0 Å². The summed E-state index contributed by atoms with van der Waals surface area (Å²) in [6.45, 7) is 0. The zero-order valence-corrected chi connectivity index (χ0v) is 13.9. The lowest BCUT2D eigenvalue weighted by Crippen LogP contribution is -2.32. The highest BCUT2D eigenvalue weighted by Gasteiger charge is 2.32. The third-order valence-electron chi connectivity index (χ3n) is 3.28. The Kier molecular flexibility index (Phi) is 8.24. The molecule has 0 unspecified atom stereocenters. The minimum atomic E-state index is -0.738. The van der Waals surface area contributed by atoms with Crippen molar-refractivity contribution < 1.29 is 38.4 Å². The van der Waals surface area contributed by atoms with E-state index >= 15 is 0 Å². The first-order chi connectivity index (χ1) is 11.8. The number of amides is 3. The number of imide groups is 1. The molecule has 1 saturated heterocycles. The zero-order valence-electron chi connectivity index (χ0n) is 13.9. The van der Waals surface area contributed by atoms with Gasteiger partial charge in [0.25, 0.3) is 17.7 Å². The van der Waals surface area contributed by atoms with E-state index in [0.29, 0.717) is 17.8 Å². The van der Waals surface area contributed by atoms with E-state index in [1.54, 1.807) is 0 Å². The molecule has 0 atom stereocenters. The van der Waals surface area contributed by atoms with Crippen LogP contribution in [-0.4, -0.2) is 53.1 Å². The SMILES string of the molecule is CN(OC(=O)CCCCC(=O)ON1C(=O)CCC1=O)C(=O)CCC=O. The van der Waals surface area contributed by atoms with Crippen molar-refractivity contribution in [3.63, 3.8) is 0 Å². The highest BCUT2D eigenvalue weighted by Crippen LogP contribution is 2.13. The molecule has 0 saturated carbocycles. The van der Waals surface area contributed by atoms with Crippen LogP contribution in [0.15, 0.2) is 0 Å². The highest BCUT2D eigenvalue weighted by atomic mass is 16.7. The van der Waals surface area contributed by atoms with Gasteiger partial charge in [-0.15, -0.1) is 5.06 Å². The summed E-state index contributed by atoms with van der Waals surface area (Å²) in [5, 5.41) is 1.24. The predicted octanol–water partition coefficient (Wildman–Crippen LogP) is 0.0497. The maximum absolute atomic E-state index is 11.5. The van der Waals surface area contributed by atoms with Crippen LogP contribution in [0.4, 0.5) is 0 Å². The summed E-state index contributed by atoms with van der Waals surface area (Å²) in [4.78, 5) is 76.7. The number of aldehydes is 1. The Morgan fingerprint density at radius 3 is 2.16 bits per heavy atom. The molecule has 1 fully saturated rings. The molecule has 138 valence electrons. The fraction of sp³-hybridized carbons (Fsp3) is 0.600. The molecule has 0 bridgehead atoms. The van der Waals surface area contributed by atoms with Gasteiger partial charge in [0.2, 0.25) is 0 Å². The van der Waals surface area contributed by atoms with Gasteiger partial charge in [0.05, 0.1) is 0 Å². The molecule has 10 heteroatoms. The number of hydroxylamine groups is 4. The summed E-state index contributed by atoms with van der Waals surface area (Å²) < 4.78 is 0. The van der Waals surface area contributed by atoms with Crippen molar-refractivity contribution in [1.29, 1.82) is 0 Å². The molecule has 1 aliphatic heterocycles. The number of rotatable bonds is 9. The summed E-state index contributed by atoms with van der Waals surface area (Å²) in [6.07, 6.45) is 1.12. The van der Waals surface area contributed by atoms with Gasteiger partial charge in [-0.05, 0) is 12.8 Å². The number of hydrogen-bond donors (Lipinski definition) is 0. The van der Waals surface area contributed by atoms with Crippen LogP contribution < -0.4 is 0 Å². The second-order valence-electron chi connectivity index (χ2n) is 5.31. The Morgan fingerprint density at radius 1 is 1.04 bits per heavy atom. The predicted molar refractivity (Wildman–Crippen MR) is 79.8 cm³/mol. The summed E-state index contributed by atoms with van der Waals surface area (Å²) in [6, 6.07) is 0. The maximum Gasteiger partial charge on any atom is 0.333 e. The van der Waals surface area contributed by atoms with Crippen molar-refractivity contribution in [3.8, 4) is 0 Å². The molecule has 3 amide bonds. The zero-order chi connectivity index (χ0) is 18.8. The molecule has 0 aromatic heterocycles. The van der Waals surface area contributed by atoms with Gasteiger partial charge in [0, 0.05) is 45.6 Å². The number of hydrogen-bond acceptors (Lipinski definition) is 8. The molecule has 1 rings (SSSR count). The van der Waals surface area contributed by atoms with Gasteiger partial charge >= 0.3 is 11.9 Å². The van der Waals surface area contributed by atoms with Crippen molar-refractivity contribution in [2.24, 2.45) is 0 Å². The third-order valence-corrected chi connectivity index (χ3v) is 3.28. The lowest BCUT2D eigenvalue weighted by atomic mass is 10.2. The second-order valence-corrected chi connectivity index (χ2v) is 5.31. The molecular formula is C15H20N2O8. The molecule has 10 nitrogen and oxygen atoms in total. The Bertz CT molecular complexity index is 544. The third kappa shape index (κ3) is 7.10. The van der Waals surface area contributed by atoms with Gasteiger partial charge in [-0.1, -0.05) is 0 Å². The lowest BCUT2D eigenvalue weighted by molar-refractivity contribution is -0.197. The van der Waals surface area contributed by atoms with Crippen molar-refractivity contribution in [3.05, 3.63) is 0 Å². The average molecular weight is 356 g/mol. The van der Waals surface area contributed by atoms with Crippen molar-refractivity contribution >= 4 is 35.9 Å². The van der Waals surface area contributed by atoms with E-state index in [2.05, 4.69) is 4.84 Å². The monoisotopic (exact) mass is 356 g/mol. The Labute approximate surface area is 143 Å². The molecule has 0 radical (unpaired) electrons. The Balaban J connectivity index is 2.17. The van der Waals surface area contributed by atoms with Crippen molar-refractivity contribution in [1.82, 2.24) is 10.1 Å². The largest absolute Gasteiger partial charge is 0.338 e. The van der Waals surface area contributed by atoms with Crippen LogP contribution in [0.5, 0.6) is 0 Å². The highest BCUT2D eigenvalue weighted by molar-refractivity contribution is 6.01. The number of carbonyl (C=O) groups is 6. The second kappa shape index (κ2) is 10.2. The van der Waals surface area contributed by atoms with Gasteiger partial charge in [0.15, 0.2) is 0 Å². The smallest absolute Gasteiger partial charge is 0.333 e. The van der Waals surface area contributed by atoms with Crippen molar-refractivity contribution in [2.45, 2.75) is 51.4 Å². The number of unbranched alkanes of at least 4 members (excludes halogenated alkanes) is 1. The van der Waals surface area contributed by atoms with E-state index in [-0.39, 0.29) is 44.9 Å². The number of nitrogens with zero attached hydrogens (tertiary/aromatic N) is 2. The lowest BCUT2D eigenvalue weighted by Gasteiger charge is -2.15. The van der Waals surface area contributed by atoms with Crippen LogP contribution in [0, 0.1) is 0 Å². The summed E-state index contributed by atoms with van der Waals surface area (Å²) >= 11 is 0. The van der Waals surface area contributed by atoms with E-state index < -0.39 is 29.7 Å².